The molecule has 1 saturated heterocycles. The molecule has 1 fully saturated rings. The van der Waals surface area contributed by atoms with Crippen LogP contribution in [0.15, 0.2) is 18.2 Å². The van der Waals surface area contributed by atoms with Gasteiger partial charge in [-0.2, -0.15) is 0 Å². The minimum Gasteiger partial charge on any atom is -0.480 e. The number of amides is 1. The van der Waals surface area contributed by atoms with Crippen LogP contribution in [0, 0.1) is 0 Å². The standard InChI is InChI=1S/C19H26N2O3/c1-20(13-18(22)23)17-6-3-10-21(11-9-17)19(24)16-8-7-14-4-2-5-15(14)12-16/h7-8,12,17H,2-6,9-11,13H2,1H3,(H,22,23)/t17-/m0/s1. The third-order valence-corrected chi connectivity index (χ3v) is 5.34. The number of carbonyl (C=O) groups is 2. The Morgan fingerprint density at radius 3 is 2.75 bits per heavy atom. The molecule has 0 spiro atoms. The van der Waals surface area contributed by atoms with E-state index < -0.39 is 5.97 Å². The molecule has 5 nitrogen and oxygen atoms in total. The highest BCUT2D eigenvalue weighted by atomic mass is 16.4. The van der Waals surface area contributed by atoms with Gasteiger partial charge in [0.2, 0.25) is 0 Å². The van der Waals surface area contributed by atoms with Crippen molar-refractivity contribution in [2.75, 3.05) is 26.7 Å². The van der Waals surface area contributed by atoms with Gasteiger partial charge in [-0.3, -0.25) is 14.5 Å². The van der Waals surface area contributed by atoms with Crippen molar-refractivity contribution in [3.05, 3.63) is 34.9 Å². The van der Waals surface area contributed by atoms with E-state index >= 15 is 0 Å². The predicted octanol–water partition coefficient (Wildman–Crippen LogP) is 2.19. The van der Waals surface area contributed by atoms with Crippen LogP contribution >= 0.6 is 0 Å². The van der Waals surface area contributed by atoms with Crippen molar-refractivity contribution in [2.24, 2.45) is 0 Å². The number of hydrogen-bond donors (Lipinski definition) is 1. The lowest BCUT2D eigenvalue weighted by Gasteiger charge is -2.25. The summed E-state index contributed by atoms with van der Waals surface area (Å²) >= 11 is 0. The van der Waals surface area contributed by atoms with Crippen molar-refractivity contribution < 1.29 is 14.7 Å². The monoisotopic (exact) mass is 330 g/mol. The molecule has 1 atom stereocenters. The fourth-order valence-corrected chi connectivity index (χ4v) is 3.95. The Balaban J connectivity index is 1.63. The van der Waals surface area contributed by atoms with Crippen LogP contribution in [0.1, 0.15) is 47.2 Å². The highest BCUT2D eigenvalue weighted by Crippen LogP contribution is 2.24. The third kappa shape index (κ3) is 3.78. The summed E-state index contributed by atoms with van der Waals surface area (Å²) in [4.78, 5) is 27.5. The molecule has 2 aliphatic rings. The summed E-state index contributed by atoms with van der Waals surface area (Å²) in [7, 11) is 1.86. The van der Waals surface area contributed by atoms with Gasteiger partial charge in [0.15, 0.2) is 0 Å². The molecule has 130 valence electrons. The van der Waals surface area contributed by atoms with Crippen molar-refractivity contribution in [2.45, 2.75) is 44.6 Å². The zero-order valence-electron chi connectivity index (χ0n) is 14.3. The van der Waals surface area contributed by atoms with Gasteiger partial charge in [0.25, 0.3) is 5.91 Å². The normalized spacial score (nSPS) is 20.8. The van der Waals surface area contributed by atoms with Crippen LogP contribution in [-0.4, -0.2) is 59.5 Å². The number of hydrogen-bond acceptors (Lipinski definition) is 3. The molecule has 0 bridgehead atoms. The minimum atomic E-state index is -0.798. The molecule has 0 unspecified atom stereocenters. The summed E-state index contributed by atoms with van der Waals surface area (Å²) in [5.41, 5.74) is 3.51. The van der Waals surface area contributed by atoms with Gasteiger partial charge in [-0.1, -0.05) is 6.07 Å². The maximum atomic E-state index is 12.8. The zero-order chi connectivity index (χ0) is 17.1. The highest BCUT2D eigenvalue weighted by molar-refractivity contribution is 5.94. The summed E-state index contributed by atoms with van der Waals surface area (Å²) in [5.74, 6) is -0.681. The molecular weight excluding hydrogens is 304 g/mol. The van der Waals surface area contributed by atoms with Crippen LogP contribution in [0.5, 0.6) is 0 Å². The first-order valence-corrected chi connectivity index (χ1v) is 8.87. The largest absolute Gasteiger partial charge is 0.480 e. The van der Waals surface area contributed by atoms with E-state index in [9.17, 15) is 9.59 Å². The number of likely N-dealkylation sites (N-methyl/N-ethyl adjacent to an activating group) is 1. The van der Waals surface area contributed by atoms with Gasteiger partial charge in [-0.25, -0.2) is 0 Å². The van der Waals surface area contributed by atoms with E-state index in [0.717, 1.165) is 44.2 Å². The maximum absolute atomic E-state index is 12.8. The van der Waals surface area contributed by atoms with Crippen molar-refractivity contribution in [1.29, 1.82) is 0 Å². The van der Waals surface area contributed by atoms with Gasteiger partial charge < -0.3 is 10.0 Å². The van der Waals surface area contributed by atoms with E-state index in [1.165, 1.54) is 17.5 Å². The van der Waals surface area contributed by atoms with E-state index in [-0.39, 0.29) is 18.5 Å². The van der Waals surface area contributed by atoms with Crippen molar-refractivity contribution >= 4 is 11.9 Å². The van der Waals surface area contributed by atoms with E-state index in [0.29, 0.717) is 6.54 Å². The lowest BCUT2D eigenvalue weighted by atomic mass is 10.1. The average molecular weight is 330 g/mol. The number of aliphatic carboxylic acids is 1. The molecule has 1 aromatic carbocycles. The second kappa shape index (κ2) is 7.34. The minimum absolute atomic E-state index is 0.0590. The Morgan fingerprint density at radius 2 is 1.96 bits per heavy atom. The molecule has 1 aliphatic carbocycles. The SMILES string of the molecule is CN(CC(=O)O)[C@H]1CCCN(C(=O)c2ccc3c(c2)CCC3)CC1. The first-order valence-electron chi connectivity index (χ1n) is 8.87. The summed E-state index contributed by atoms with van der Waals surface area (Å²) in [5, 5.41) is 8.94. The van der Waals surface area contributed by atoms with Crippen molar-refractivity contribution in [3.8, 4) is 0 Å². The Bertz CT molecular complexity index is 629. The van der Waals surface area contributed by atoms with Crippen LogP contribution in [0.4, 0.5) is 0 Å². The Kier molecular flexibility index (Phi) is 5.19. The van der Waals surface area contributed by atoms with Crippen LogP contribution < -0.4 is 0 Å². The lowest BCUT2D eigenvalue weighted by molar-refractivity contribution is -0.138. The topological polar surface area (TPSA) is 60.9 Å². The van der Waals surface area contributed by atoms with Gasteiger partial charge in [0, 0.05) is 24.7 Å². The van der Waals surface area contributed by atoms with E-state index in [4.69, 9.17) is 5.11 Å². The second-order valence-electron chi connectivity index (χ2n) is 7.02. The summed E-state index contributed by atoms with van der Waals surface area (Å²) in [6, 6.07) is 6.38. The molecule has 3 rings (SSSR count). The Labute approximate surface area is 143 Å². The van der Waals surface area contributed by atoms with Gasteiger partial charge in [-0.05, 0) is 68.8 Å². The smallest absolute Gasteiger partial charge is 0.317 e. The summed E-state index contributed by atoms with van der Waals surface area (Å²) in [6.07, 6.45) is 6.10. The molecule has 24 heavy (non-hydrogen) atoms. The number of rotatable bonds is 4. The number of fused-ring (bicyclic) bond motifs is 1. The number of nitrogens with zero attached hydrogens (tertiary/aromatic N) is 2. The van der Waals surface area contributed by atoms with Crippen LogP contribution in [0.2, 0.25) is 0 Å². The fraction of sp³-hybridized carbons (Fsp3) is 0.579. The predicted molar refractivity (Wildman–Crippen MR) is 92.3 cm³/mol. The molecule has 1 amide bonds. The highest BCUT2D eigenvalue weighted by Gasteiger charge is 2.25. The number of likely N-dealkylation sites (tertiary alicyclic amines) is 1. The van der Waals surface area contributed by atoms with Gasteiger partial charge >= 0.3 is 5.97 Å². The molecule has 1 N–H and O–H groups in total. The van der Waals surface area contributed by atoms with Gasteiger partial charge in [0.1, 0.15) is 0 Å². The number of carboxylic acids is 1. The van der Waals surface area contributed by atoms with Crippen LogP contribution in [0.25, 0.3) is 0 Å². The number of aryl methyl sites for hydroxylation is 2. The summed E-state index contributed by atoms with van der Waals surface area (Å²) in [6.45, 7) is 1.52. The maximum Gasteiger partial charge on any atom is 0.317 e. The zero-order valence-corrected chi connectivity index (χ0v) is 14.3. The Morgan fingerprint density at radius 1 is 1.17 bits per heavy atom. The fourth-order valence-electron chi connectivity index (χ4n) is 3.95. The van der Waals surface area contributed by atoms with Crippen LogP contribution in [0.3, 0.4) is 0 Å². The first-order chi connectivity index (χ1) is 11.5. The average Bonchev–Trinajstić information content (AvgIpc) is 2.87. The quantitative estimate of drug-likeness (QED) is 0.919. The molecule has 0 aromatic heterocycles. The van der Waals surface area contributed by atoms with E-state index in [2.05, 4.69) is 12.1 Å². The molecule has 1 heterocycles. The van der Waals surface area contributed by atoms with E-state index in [1.54, 1.807) is 0 Å². The molecule has 5 heteroatoms. The second-order valence-corrected chi connectivity index (χ2v) is 7.02. The first kappa shape index (κ1) is 17.0. The molecule has 0 radical (unpaired) electrons. The van der Waals surface area contributed by atoms with Crippen molar-refractivity contribution in [3.63, 3.8) is 0 Å². The molecule has 1 aliphatic heterocycles. The number of carboxylic acid groups (broad SMARTS) is 1. The molecular formula is C19H26N2O3. The van der Waals surface area contributed by atoms with Gasteiger partial charge in [-0.15, -0.1) is 0 Å². The molecule has 1 aromatic rings. The number of carbonyl (C=O) groups excluding carboxylic acids is 1. The third-order valence-electron chi connectivity index (χ3n) is 5.34. The molecule has 0 saturated carbocycles. The summed E-state index contributed by atoms with van der Waals surface area (Å²) < 4.78 is 0. The van der Waals surface area contributed by atoms with Crippen LogP contribution in [-0.2, 0) is 17.6 Å². The number of benzene rings is 1. The van der Waals surface area contributed by atoms with Gasteiger partial charge in [0.05, 0.1) is 6.54 Å². The lowest BCUT2D eigenvalue weighted by Crippen LogP contribution is -2.37. The van der Waals surface area contributed by atoms with Crippen molar-refractivity contribution in [1.82, 2.24) is 9.80 Å². The Hall–Kier alpha value is -1.88. The van der Waals surface area contributed by atoms with E-state index in [1.807, 2.05) is 22.9 Å².